The largest absolute Gasteiger partial charge is 0.366 e. The molecule has 1 fully saturated rings. The van der Waals surface area contributed by atoms with Crippen LogP contribution in [0.4, 0.5) is 0 Å². The lowest BCUT2D eigenvalue weighted by Crippen LogP contribution is -2.50. The van der Waals surface area contributed by atoms with E-state index in [-0.39, 0.29) is 0 Å². The molecule has 0 spiro atoms. The number of carbonyl (C=O) groups is 1. The van der Waals surface area contributed by atoms with Crippen molar-refractivity contribution in [1.29, 1.82) is 0 Å². The van der Waals surface area contributed by atoms with Gasteiger partial charge in [-0.15, -0.1) is 0 Å². The number of hydrogen-bond acceptors (Lipinski definition) is 3. The molecule has 0 aromatic rings. The first kappa shape index (κ1) is 7.50. The van der Waals surface area contributed by atoms with Gasteiger partial charge in [-0.25, -0.2) is 0 Å². The van der Waals surface area contributed by atoms with Gasteiger partial charge in [-0.3, -0.25) is 9.69 Å². The average Bonchev–Trinajstić information content (AvgIpc) is 2.15. The van der Waals surface area contributed by atoms with Gasteiger partial charge in [-0.05, 0) is 14.0 Å². The summed E-state index contributed by atoms with van der Waals surface area (Å²) in [4.78, 5) is 12.6. The van der Waals surface area contributed by atoms with Gasteiger partial charge in [-0.2, -0.15) is 0 Å². The summed E-state index contributed by atoms with van der Waals surface area (Å²) in [6.45, 7) is 3.03. The number of nitrogens with two attached hydrogens (primary N) is 1. The maximum atomic E-state index is 10.8. The Kier molecular flexibility index (Phi) is 1.66. The van der Waals surface area contributed by atoms with E-state index in [4.69, 9.17) is 10.5 Å². The highest BCUT2D eigenvalue weighted by atomic mass is 16.5. The summed E-state index contributed by atoms with van der Waals surface area (Å²) in [5.74, 6) is -0.424. The molecule has 4 heteroatoms. The van der Waals surface area contributed by atoms with Crippen LogP contribution >= 0.6 is 0 Å². The Morgan fingerprint density at radius 3 is 2.60 bits per heavy atom. The molecule has 1 rings (SSSR count). The Balaban J connectivity index is 2.75. The van der Waals surface area contributed by atoms with Crippen molar-refractivity contribution in [3.8, 4) is 0 Å². The quantitative estimate of drug-likeness (QED) is 0.521. The molecule has 0 radical (unpaired) electrons. The highest BCUT2D eigenvalue weighted by Crippen LogP contribution is 2.19. The van der Waals surface area contributed by atoms with E-state index in [1.165, 1.54) is 0 Å². The summed E-state index contributed by atoms with van der Waals surface area (Å²) in [6, 6.07) is 0. The highest BCUT2D eigenvalue weighted by Gasteiger charge is 2.40. The molecule has 58 valence electrons. The first-order valence-corrected chi connectivity index (χ1v) is 3.22. The van der Waals surface area contributed by atoms with Gasteiger partial charge in [0, 0.05) is 6.54 Å². The summed E-state index contributed by atoms with van der Waals surface area (Å²) in [5.41, 5.74) is 4.24. The highest BCUT2D eigenvalue weighted by molar-refractivity contribution is 5.82. The van der Waals surface area contributed by atoms with Crippen molar-refractivity contribution < 1.29 is 9.53 Å². The van der Waals surface area contributed by atoms with E-state index in [0.717, 1.165) is 6.54 Å². The lowest BCUT2D eigenvalue weighted by molar-refractivity contribution is -0.147. The molecule has 2 N–H and O–H groups in total. The van der Waals surface area contributed by atoms with E-state index in [1.807, 2.05) is 7.05 Å². The Bertz CT molecular complexity index is 160. The molecule has 0 aromatic heterocycles. The van der Waals surface area contributed by atoms with Crippen molar-refractivity contribution in [2.45, 2.75) is 12.6 Å². The normalized spacial score (nSPS) is 34.6. The first-order chi connectivity index (χ1) is 4.57. The van der Waals surface area contributed by atoms with E-state index in [0.29, 0.717) is 6.61 Å². The molecule has 1 aliphatic heterocycles. The third kappa shape index (κ3) is 0.892. The first-order valence-electron chi connectivity index (χ1n) is 3.22. The minimum Gasteiger partial charge on any atom is -0.366 e. The van der Waals surface area contributed by atoms with Gasteiger partial charge in [-0.1, -0.05) is 0 Å². The molecule has 1 heterocycles. The zero-order valence-electron chi connectivity index (χ0n) is 6.26. The maximum Gasteiger partial charge on any atom is 0.264 e. The molecule has 4 nitrogen and oxygen atoms in total. The molecule has 10 heavy (non-hydrogen) atoms. The molecule has 1 unspecified atom stereocenters. The van der Waals surface area contributed by atoms with Gasteiger partial charge in [0.2, 0.25) is 0 Å². The third-order valence-electron chi connectivity index (χ3n) is 2.00. The number of ether oxygens (including phenoxy) is 1. The standard InChI is InChI=1S/C6H12N2O2/c1-6(5(7)9)8(2)3-4-10-6/h3-4H2,1-2H3,(H2,7,9). The number of rotatable bonds is 1. The maximum absolute atomic E-state index is 10.8. The lowest BCUT2D eigenvalue weighted by atomic mass is 10.2. The topological polar surface area (TPSA) is 55.6 Å². The Morgan fingerprint density at radius 1 is 1.80 bits per heavy atom. The summed E-state index contributed by atoms with van der Waals surface area (Å²) in [7, 11) is 1.82. The minimum absolute atomic E-state index is 0.424. The van der Waals surface area contributed by atoms with Gasteiger partial charge >= 0.3 is 0 Å². The third-order valence-corrected chi connectivity index (χ3v) is 2.00. The van der Waals surface area contributed by atoms with E-state index in [9.17, 15) is 4.79 Å². The van der Waals surface area contributed by atoms with Crippen LogP contribution in [-0.4, -0.2) is 36.7 Å². The summed E-state index contributed by atoms with van der Waals surface area (Å²) in [6.07, 6.45) is 0. The van der Waals surface area contributed by atoms with Gasteiger partial charge in [0.1, 0.15) is 0 Å². The van der Waals surface area contributed by atoms with Gasteiger partial charge in [0.05, 0.1) is 6.61 Å². The van der Waals surface area contributed by atoms with Crippen molar-refractivity contribution in [2.75, 3.05) is 20.2 Å². The summed E-state index contributed by atoms with van der Waals surface area (Å²) < 4.78 is 5.17. The molecular formula is C6H12N2O2. The van der Waals surface area contributed by atoms with E-state index >= 15 is 0 Å². The van der Waals surface area contributed by atoms with E-state index in [2.05, 4.69) is 0 Å². The summed E-state index contributed by atoms with van der Waals surface area (Å²) >= 11 is 0. The van der Waals surface area contributed by atoms with Crippen LogP contribution in [-0.2, 0) is 9.53 Å². The zero-order valence-corrected chi connectivity index (χ0v) is 6.26. The number of carbonyl (C=O) groups excluding carboxylic acids is 1. The van der Waals surface area contributed by atoms with Crippen molar-refractivity contribution >= 4 is 5.91 Å². The number of likely N-dealkylation sites (N-methyl/N-ethyl adjacent to an activating group) is 1. The fourth-order valence-corrected chi connectivity index (χ4v) is 0.964. The fraction of sp³-hybridized carbons (Fsp3) is 0.833. The van der Waals surface area contributed by atoms with Crippen molar-refractivity contribution in [3.05, 3.63) is 0 Å². The molecule has 1 aliphatic rings. The molecule has 1 saturated heterocycles. The van der Waals surface area contributed by atoms with Crippen LogP contribution in [0.3, 0.4) is 0 Å². The van der Waals surface area contributed by atoms with Crippen LogP contribution in [0, 0.1) is 0 Å². The molecule has 0 saturated carbocycles. The second kappa shape index (κ2) is 2.21. The smallest absolute Gasteiger partial charge is 0.264 e. The second-order valence-electron chi connectivity index (χ2n) is 2.62. The van der Waals surface area contributed by atoms with Crippen LogP contribution < -0.4 is 5.73 Å². The van der Waals surface area contributed by atoms with Crippen LogP contribution in [0.5, 0.6) is 0 Å². The molecule has 1 amide bonds. The summed E-state index contributed by atoms with van der Waals surface area (Å²) in [5, 5.41) is 0. The number of hydrogen-bond donors (Lipinski definition) is 1. The SMILES string of the molecule is CN1CCOC1(C)C(N)=O. The van der Waals surface area contributed by atoms with Crippen LogP contribution in [0.15, 0.2) is 0 Å². The van der Waals surface area contributed by atoms with Crippen molar-refractivity contribution in [2.24, 2.45) is 5.73 Å². The number of nitrogens with zero attached hydrogens (tertiary/aromatic N) is 1. The minimum atomic E-state index is -0.875. The van der Waals surface area contributed by atoms with Crippen LogP contribution in [0.2, 0.25) is 0 Å². The van der Waals surface area contributed by atoms with Crippen LogP contribution in [0.25, 0.3) is 0 Å². The monoisotopic (exact) mass is 144 g/mol. The lowest BCUT2D eigenvalue weighted by Gasteiger charge is -2.26. The van der Waals surface area contributed by atoms with Crippen LogP contribution in [0.1, 0.15) is 6.92 Å². The molecular weight excluding hydrogens is 132 g/mol. The zero-order chi connectivity index (χ0) is 7.78. The van der Waals surface area contributed by atoms with E-state index < -0.39 is 11.6 Å². The van der Waals surface area contributed by atoms with Gasteiger partial charge < -0.3 is 10.5 Å². The van der Waals surface area contributed by atoms with Crippen molar-refractivity contribution in [3.63, 3.8) is 0 Å². The molecule has 0 aromatic carbocycles. The molecule has 0 bridgehead atoms. The predicted octanol–water partition coefficient (Wildman–Crippen LogP) is -0.850. The number of amides is 1. The van der Waals surface area contributed by atoms with E-state index in [1.54, 1.807) is 11.8 Å². The molecule has 1 atom stereocenters. The Morgan fingerprint density at radius 2 is 2.40 bits per heavy atom. The Hall–Kier alpha value is -0.610. The van der Waals surface area contributed by atoms with Crippen molar-refractivity contribution in [1.82, 2.24) is 4.90 Å². The molecule has 0 aliphatic carbocycles. The second-order valence-corrected chi connectivity index (χ2v) is 2.62. The predicted molar refractivity (Wildman–Crippen MR) is 36.2 cm³/mol. The van der Waals surface area contributed by atoms with Gasteiger partial charge in [0.15, 0.2) is 5.72 Å². The number of primary amides is 1. The average molecular weight is 144 g/mol. The van der Waals surface area contributed by atoms with Gasteiger partial charge in [0.25, 0.3) is 5.91 Å². The Labute approximate surface area is 59.9 Å². The fourth-order valence-electron chi connectivity index (χ4n) is 0.964.